The molecule has 1 unspecified atom stereocenters. The van der Waals surface area contributed by atoms with Gasteiger partial charge in [-0.15, -0.1) is 0 Å². The first-order chi connectivity index (χ1) is 12.5. The van der Waals surface area contributed by atoms with Crippen molar-refractivity contribution in [2.45, 2.75) is 45.6 Å². The van der Waals surface area contributed by atoms with Crippen molar-refractivity contribution in [3.63, 3.8) is 0 Å². The maximum atomic E-state index is 12.7. The van der Waals surface area contributed by atoms with Crippen LogP contribution in [0.5, 0.6) is 17.2 Å². The average Bonchev–Trinajstić information content (AvgIpc) is 2.64. The largest absolute Gasteiger partial charge is 0.508 e. The molecule has 2 N–H and O–H groups in total. The van der Waals surface area contributed by atoms with Crippen LogP contribution in [-0.4, -0.2) is 16.0 Å². The third-order valence-electron chi connectivity index (χ3n) is 4.94. The first-order valence-corrected chi connectivity index (χ1v) is 9.05. The Labute approximate surface area is 153 Å². The summed E-state index contributed by atoms with van der Waals surface area (Å²) in [4.78, 5) is 12.7. The molecule has 0 radical (unpaired) electrons. The number of Topliss-reactive ketones (excluding diaryl/α,β-unsaturated/α-hetero) is 1. The Morgan fingerprint density at radius 2 is 1.88 bits per heavy atom. The minimum atomic E-state index is -0.548. The summed E-state index contributed by atoms with van der Waals surface area (Å²) in [5.74, 6) is 0.303. The van der Waals surface area contributed by atoms with Crippen LogP contribution in [-0.2, 0) is 6.42 Å². The molecule has 26 heavy (non-hydrogen) atoms. The number of ketones is 1. The van der Waals surface area contributed by atoms with Gasteiger partial charge in [0.15, 0.2) is 5.78 Å². The van der Waals surface area contributed by atoms with E-state index in [1.165, 1.54) is 5.57 Å². The molecule has 2 aromatic rings. The fourth-order valence-electron chi connectivity index (χ4n) is 3.34. The van der Waals surface area contributed by atoms with Crippen LogP contribution in [0.15, 0.2) is 48.0 Å². The molecule has 136 valence electrons. The molecule has 1 aliphatic heterocycles. The number of ether oxygens (including phenoxy) is 1. The van der Waals surface area contributed by atoms with Gasteiger partial charge in [0, 0.05) is 5.56 Å². The lowest BCUT2D eigenvalue weighted by Crippen LogP contribution is -2.21. The Morgan fingerprint density at radius 1 is 1.15 bits per heavy atom. The topological polar surface area (TPSA) is 66.8 Å². The molecule has 4 heteroatoms. The van der Waals surface area contributed by atoms with Gasteiger partial charge in [-0.05, 0) is 37.0 Å². The summed E-state index contributed by atoms with van der Waals surface area (Å²) in [6.45, 7) is 4.22. The van der Waals surface area contributed by atoms with Gasteiger partial charge in [-0.3, -0.25) is 4.79 Å². The number of rotatable bonds is 5. The van der Waals surface area contributed by atoms with Crippen LogP contribution < -0.4 is 4.74 Å². The zero-order valence-electron chi connectivity index (χ0n) is 15.2. The second kappa shape index (κ2) is 7.65. The standard InChI is InChI=1S/C22H24O4/c1-3-14(4-2)9-10-15-11-12-19-21(22(15)25)18(24)13-20(26-19)16-7-5-6-8-17(16)23/h5-9,11-12,20,23,25H,3-4,10,13H2,1-2H3. The van der Waals surface area contributed by atoms with Crippen LogP contribution in [0, 0.1) is 0 Å². The van der Waals surface area contributed by atoms with Gasteiger partial charge in [-0.2, -0.15) is 0 Å². The van der Waals surface area contributed by atoms with Crippen molar-refractivity contribution in [3.05, 3.63) is 64.7 Å². The number of para-hydroxylation sites is 1. The number of fused-ring (bicyclic) bond motifs is 1. The number of aromatic hydroxyl groups is 2. The number of hydrogen-bond donors (Lipinski definition) is 2. The van der Waals surface area contributed by atoms with Crippen molar-refractivity contribution in [1.82, 2.24) is 0 Å². The highest BCUT2D eigenvalue weighted by atomic mass is 16.5. The summed E-state index contributed by atoms with van der Waals surface area (Å²) in [7, 11) is 0. The van der Waals surface area contributed by atoms with Crippen LogP contribution in [0.3, 0.4) is 0 Å². The molecule has 0 aliphatic carbocycles. The molecule has 0 fully saturated rings. The van der Waals surface area contributed by atoms with Crippen molar-refractivity contribution in [3.8, 4) is 17.2 Å². The summed E-state index contributed by atoms with van der Waals surface area (Å²) < 4.78 is 5.92. The Morgan fingerprint density at radius 3 is 2.58 bits per heavy atom. The molecule has 0 saturated heterocycles. The van der Waals surface area contributed by atoms with Crippen LogP contribution in [0.1, 0.15) is 60.7 Å². The summed E-state index contributed by atoms with van der Waals surface area (Å²) in [5.41, 5.74) is 2.87. The number of carbonyl (C=O) groups excluding carboxylic acids is 1. The summed E-state index contributed by atoms with van der Waals surface area (Å²) in [6.07, 6.45) is 4.20. The van der Waals surface area contributed by atoms with Gasteiger partial charge in [0.1, 0.15) is 28.9 Å². The fourth-order valence-corrected chi connectivity index (χ4v) is 3.34. The van der Waals surface area contributed by atoms with Crippen molar-refractivity contribution in [2.75, 3.05) is 0 Å². The second-order valence-electron chi connectivity index (χ2n) is 6.51. The predicted molar refractivity (Wildman–Crippen MR) is 101 cm³/mol. The van der Waals surface area contributed by atoms with Crippen molar-refractivity contribution >= 4 is 5.78 Å². The molecule has 1 heterocycles. The molecular weight excluding hydrogens is 328 g/mol. The molecule has 0 amide bonds. The van der Waals surface area contributed by atoms with Gasteiger partial charge in [-0.1, -0.05) is 49.8 Å². The molecule has 1 aliphatic rings. The minimum Gasteiger partial charge on any atom is -0.508 e. The Bertz CT molecular complexity index is 845. The van der Waals surface area contributed by atoms with Crippen LogP contribution in [0.2, 0.25) is 0 Å². The number of phenols is 2. The molecule has 3 rings (SSSR count). The van der Waals surface area contributed by atoms with E-state index in [1.54, 1.807) is 36.4 Å². The molecule has 0 aromatic heterocycles. The van der Waals surface area contributed by atoms with Crippen molar-refractivity contribution < 1.29 is 19.7 Å². The van der Waals surface area contributed by atoms with E-state index in [4.69, 9.17) is 4.74 Å². The Hall–Kier alpha value is -2.75. The van der Waals surface area contributed by atoms with E-state index in [0.29, 0.717) is 17.7 Å². The fraction of sp³-hybridized carbons (Fsp3) is 0.318. The third-order valence-corrected chi connectivity index (χ3v) is 4.94. The SMILES string of the molecule is CCC(=CCc1ccc2c(c1O)C(=O)CC(c1ccccc1O)O2)CC. The zero-order chi connectivity index (χ0) is 18.7. The lowest BCUT2D eigenvalue weighted by molar-refractivity contribution is 0.0842. The molecular formula is C22H24O4. The lowest BCUT2D eigenvalue weighted by Gasteiger charge is -2.27. The maximum absolute atomic E-state index is 12.7. The van der Waals surface area contributed by atoms with Gasteiger partial charge in [0.2, 0.25) is 0 Å². The van der Waals surface area contributed by atoms with Crippen molar-refractivity contribution in [1.29, 1.82) is 0 Å². The highest BCUT2D eigenvalue weighted by molar-refractivity contribution is 6.03. The van der Waals surface area contributed by atoms with Gasteiger partial charge in [-0.25, -0.2) is 0 Å². The summed E-state index contributed by atoms with van der Waals surface area (Å²) in [5, 5.41) is 20.6. The number of carbonyl (C=O) groups is 1. The molecule has 0 spiro atoms. The number of benzene rings is 2. The first-order valence-electron chi connectivity index (χ1n) is 9.05. The number of hydrogen-bond acceptors (Lipinski definition) is 4. The third kappa shape index (κ3) is 3.45. The Balaban J connectivity index is 1.90. The molecule has 2 aromatic carbocycles. The van der Waals surface area contributed by atoms with E-state index < -0.39 is 6.10 Å². The monoisotopic (exact) mass is 352 g/mol. The average molecular weight is 352 g/mol. The summed E-state index contributed by atoms with van der Waals surface area (Å²) in [6, 6.07) is 10.4. The van der Waals surface area contributed by atoms with Crippen LogP contribution >= 0.6 is 0 Å². The predicted octanol–water partition coefficient (Wildman–Crippen LogP) is 5.09. The van der Waals surface area contributed by atoms with E-state index in [0.717, 1.165) is 18.4 Å². The summed E-state index contributed by atoms with van der Waals surface area (Å²) >= 11 is 0. The van der Waals surface area contributed by atoms with Crippen LogP contribution in [0.25, 0.3) is 0 Å². The minimum absolute atomic E-state index is 0.00559. The van der Waals surface area contributed by atoms with Crippen LogP contribution in [0.4, 0.5) is 0 Å². The lowest BCUT2D eigenvalue weighted by atomic mass is 9.93. The number of phenolic OH excluding ortho intramolecular Hbond substituents is 2. The van der Waals surface area contributed by atoms with E-state index in [1.807, 2.05) is 0 Å². The van der Waals surface area contributed by atoms with E-state index in [-0.39, 0.29) is 29.3 Å². The zero-order valence-corrected chi connectivity index (χ0v) is 15.2. The van der Waals surface area contributed by atoms with E-state index >= 15 is 0 Å². The first kappa shape index (κ1) is 18.1. The highest BCUT2D eigenvalue weighted by Gasteiger charge is 2.32. The van der Waals surface area contributed by atoms with Crippen molar-refractivity contribution in [2.24, 2.45) is 0 Å². The molecule has 1 atom stereocenters. The Kier molecular flexibility index (Phi) is 5.31. The van der Waals surface area contributed by atoms with Gasteiger partial charge in [0.05, 0.1) is 6.42 Å². The molecule has 4 nitrogen and oxygen atoms in total. The van der Waals surface area contributed by atoms with Gasteiger partial charge in [0.25, 0.3) is 0 Å². The smallest absolute Gasteiger partial charge is 0.174 e. The highest BCUT2D eigenvalue weighted by Crippen LogP contribution is 2.42. The van der Waals surface area contributed by atoms with E-state index in [2.05, 4.69) is 19.9 Å². The van der Waals surface area contributed by atoms with E-state index in [9.17, 15) is 15.0 Å². The van der Waals surface area contributed by atoms with Gasteiger partial charge < -0.3 is 14.9 Å². The second-order valence-corrected chi connectivity index (χ2v) is 6.51. The van der Waals surface area contributed by atoms with Gasteiger partial charge >= 0.3 is 0 Å². The molecule has 0 bridgehead atoms. The maximum Gasteiger partial charge on any atom is 0.174 e. The quantitative estimate of drug-likeness (QED) is 0.735. The number of allylic oxidation sites excluding steroid dienone is 2. The normalized spacial score (nSPS) is 15.9. The molecule has 0 saturated carbocycles.